The van der Waals surface area contributed by atoms with E-state index < -0.39 is 4.92 Å². The molecule has 140 valence electrons. The average Bonchev–Trinajstić information content (AvgIpc) is 3.17. The first-order valence-corrected chi connectivity index (χ1v) is 9.31. The number of anilines is 3. The molecule has 0 aliphatic heterocycles. The Morgan fingerprint density at radius 3 is 2.63 bits per heavy atom. The molecule has 0 unspecified atom stereocenters. The zero-order valence-corrected chi connectivity index (χ0v) is 15.5. The molecule has 0 aliphatic carbocycles. The summed E-state index contributed by atoms with van der Waals surface area (Å²) in [4.78, 5) is 20.4. The van der Waals surface area contributed by atoms with Crippen molar-refractivity contribution in [3.63, 3.8) is 0 Å². The molecule has 2 N–H and O–H groups in total. The minimum absolute atomic E-state index is 0.137. The third-order valence-corrected chi connectivity index (χ3v) is 4.61. The van der Waals surface area contributed by atoms with Crippen molar-refractivity contribution in [2.75, 3.05) is 23.8 Å². The number of rotatable bonds is 9. The molecule has 27 heavy (non-hydrogen) atoms. The largest absolute Gasteiger partial charge is 0.494 e. The molecule has 0 spiro atoms. The van der Waals surface area contributed by atoms with Gasteiger partial charge in [0, 0.05) is 17.1 Å². The Balaban J connectivity index is 1.75. The predicted molar refractivity (Wildman–Crippen MR) is 106 cm³/mol. The summed E-state index contributed by atoms with van der Waals surface area (Å²) < 4.78 is 5.40. The number of hydrogen-bond donors (Lipinski definition) is 2. The van der Waals surface area contributed by atoms with Crippen LogP contribution in [0.1, 0.15) is 11.8 Å². The average molecular weight is 385 g/mol. The monoisotopic (exact) mass is 385 g/mol. The van der Waals surface area contributed by atoms with Crippen molar-refractivity contribution in [2.45, 2.75) is 13.3 Å². The molecule has 0 atom stereocenters. The number of nitro groups is 1. The summed E-state index contributed by atoms with van der Waals surface area (Å²) in [5.41, 5.74) is 0.488. The van der Waals surface area contributed by atoms with Crippen molar-refractivity contribution in [2.24, 2.45) is 0 Å². The first-order chi connectivity index (χ1) is 13.2. The summed E-state index contributed by atoms with van der Waals surface area (Å²) in [7, 11) is 0. The second kappa shape index (κ2) is 8.95. The molecule has 9 heteroatoms. The fourth-order valence-corrected chi connectivity index (χ4v) is 3.18. The van der Waals surface area contributed by atoms with Crippen LogP contribution in [-0.2, 0) is 6.42 Å². The third-order valence-electron chi connectivity index (χ3n) is 3.68. The van der Waals surface area contributed by atoms with Crippen LogP contribution in [0.4, 0.5) is 23.0 Å². The first-order valence-electron chi connectivity index (χ1n) is 8.43. The molecule has 0 fully saturated rings. The van der Waals surface area contributed by atoms with Crippen LogP contribution in [0.25, 0.3) is 0 Å². The highest BCUT2D eigenvalue weighted by molar-refractivity contribution is 7.09. The van der Waals surface area contributed by atoms with Gasteiger partial charge in [-0.3, -0.25) is 10.1 Å². The molecule has 8 nitrogen and oxygen atoms in total. The molecule has 0 radical (unpaired) electrons. The summed E-state index contributed by atoms with van der Waals surface area (Å²) in [5.74, 6) is 1.06. The van der Waals surface area contributed by atoms with Gasteiger partial charge < -0.3 is 15.4 Å². The van der Waals surface area contributed by atoms with Crippen LogP contribution < -0.4 is 15.4 Å². The molecular formula is C18H19N5O3S. The van der Waals surface area contributed by atoms with Gasteiger partial charge in [-0.25, -0.2) is 9.97 Å². The normalized spacial score (nSPS) is 10.4. The van der Waals surface area contributed by atoms with E-state index in [0.29, 0.717) is 18.8 Å². The van der Waals surface area contributed by atoms with Gasteiger partial charge in [0.05, 0.1) is 11.5 Å². The Labute approximate surface area is 160 Å². The molecule has 3 aromatic rings. The molecular weight excluding hydrogens is 366 g/mol. The maximum atomic E-state index is 11.6. The van der Waals surface area contributed by atoms with E-state index in [9.17, 15) is 10.1 Å². The second-order valence-electron chi connectivity index (χ2n) is 5.52. The number of nitrogens with zero attached hydrogens (tertiary/aromatic N) is 3. The van der Waals surface area contributed by atoms with Crippen LogP contribution in [0.15, 0.2) is 48.1 Å². The van der Waals surface area contributed by atoms with Gasteiger partial charge in [0.2, 0.25) is 11.6 Å². The quantitative estimate of drug-likeness (QED) is 0.419. The van der Waals surface area contributed by atoms with Gasteiger partial charge >= 0.3 is 5.69 Å². The Kier molecular flexibility index (Phi) is 6.16. The van der Waals surface area contributed by atoms with E-state index in [1.54, 1.807) is 35.6 Å². The summed E-state index contributed by atoms with van der Waals surface area (Å²) in [5, 5.41) is 19.6. The number of thiophene rings is 1. The van der Waals surface area contributed by atoms with E-state index in [4.69, 9.17) is 4.74 Å². The van der Waals surface area contributed by atoms with E-state index in [2.05, 4.69) is 20.6 Å². The van der Waals surface area contributed by atoms with Crippen molar-refractivity contribution in [1.29, 1.82) is 0 Å². The topological polar surface area (TPSA) is 102 Å². The molecule has 1 aromatic carbocycles. The zero-order valence-electron chi connectivity index (χ0n) is 14.7. The maximum absolute atomic E-state index is 11.6. The van der Waals surface area contributed by atoms with Crippen molar-refractivity contribution in [3.8, 4) is 5.75 Å². The van der Waals surface area contributed by atoms with E-state index >= 15 is 0 Å². The first kappa shape index (κ1) is 18.6. The van der Waals surface area contributed by atoms with E-state index in [1.165, 1.54) is 11.2 Å². The van der Waals surface area contributed by atoms with Crippen molar-refractivity contribution in [3.05, 3.63) is 63.1 Å². The van der Waals surface area contributed by atoms with Gasteiger partial charge in [0.1, 0.15) is 12.1 Å². The Morgan fingerprint density at radius 2 is 1.96 bits per heavy atom. The molecule has 2 heterocycles. The molecule has 2 aromatic heterocycles. The van der Waals surface area contributed by atoms with Gasteiger partial charge in [0.25, 0.3) is 0 Å². The van der Waals surface area contributed by atoms with Crippen LogP contribution in [0.2, 0.25) is 0 Å². The lowest BCUT2D eigenvalue weighted by Crippen LogP contribution is -2.10. The van der Waals surface area contributed by atoms with Gasteiger partial charge in [-0.2, -0.15) is 0 Å². The lowest BCUT2D eigenvalue weighted by molar-refractivity contribution is -0.383. The molecule has 3 rings (SSSR count). The van der Waals surface area contributed by atoms with Crippen LogP contribution in [0, 0.1) is 10.1 Å². The van der Waals surface area contributed by atoms with Crippen LogP contribution in [0.3, 0.4) is 0 Å². The standard InChI is InChI=1S/C18H19N5O3S/c1-2-26-14-7-5-13(6-8-14)22-18-16(23(24)25)17(20-12-21-18)19-10-9-15-4-3-11-27-15/h3-8,11-12H,2,9-10H2,1H3,(H2,19,20,21,22). The summed E-state index contributed by atoms with van der Waals surface area (Å²) >= 11 is 1.65. The minimum Gasteiger partial charge on any atom is -0.494 e. The summed E-state index contributed by atoms with van der Waals surface area (Å²) in [6.07, 6.45) is 2.07. The lowest BCUT2D eigenvalue weighted by atomic mass is 10.3. The summed E-state index contributed by atoms with van der Waals surface area (Å²) in [6.45, 7) is 3.02. The fourth-order valence-electron chi connectivity index (χ4n) is 2.47. The van der Waals surface area contributed by atoms with Gasteiger partial charge in [0.15, 0.2) is 0 Å². The van der Waals surface area contributed by atoms with Crippen LogP contribution in [0.5, 0.6) is 5.75 Å². The summed E-state index contributed by atoms with van der Waals surface area (Å²) in [6, 6.07) is 11.1. The fraction of sp³-hybridized carbons (Fsp3) is 0.222. The lowest BCUT2D eigenvalue weighted by Gasteiger charge is -2.10. The van der Waals surface area contributed by atoms with Gasteiger partial charge in [-0.15, -0.1) is 11.3 Å². The van der Waals surface area contributed by atoms with Crippen molar-refractivity contribution >= 4 is 34.3 Å². The highest BCUT2D eigenvalue weighted by atomic mass is 32.1. The Bertz CT molecular complexity index is 885. The van der Waals surface area contributed by atoms with Crippen LogP contribution >= 0.6 is 11.3 Å². The predicted octanol–water partition coefficient (Wildman–Crippen LogP) is 4.24. The maximum Gasteiger partial charge on any atom is 0.353 e. The Hall–Kier alpha value is -3.20. The van der Waals surface area contributed by atoms with Crippen LogP contribution in [-0.4, -0.2) is 28.0 Å². The van der Waals surface area contributed by atoms with Gasteiger partial charge in [-0.05, 0) is 49.1 Å². The number of ether oxygens (including phenoxy) is 1. The van der Waals surface area contributed by atoms with Gasteiger partial charge in [-0.1, -0.05) is 6.07 Å². The van der Waals surface area contributed by atoms with Crippen molar-refractivity contribution < 1.29 is 9.66 Å². The third kappa shape index (κ3) is 4.91. The SMILES string of the molecule is CCOc1ccc(Nc2ncnc(NCCc3cccs3)c2[N+](=O)[O-])cc1. The molecule has 0 saturated carbocycles. The number of aromatic nitrogens is 2. The highest BCUT2D eigenvalue weighted by Crippen LogP contribution is 2.31. The highest BCUT2D eigenvalue weighted by Gasteiger charge is 2.23. The van der Waals surface area contributed by atoms with E-state index in [0.717, 1.165) is 12.2 Å². The molecule has 0 aliphatic rings. The van der Waals surface area contributed by atoms with E-state index in [1.807, 2.05) is 24.4 Å². The molecule has 0 saturated heterocycles. The molecule has 0 bridgehead atoms. The van der Waals surface area contributed by atoms with Crippen molar-refractivity contribution in [1.82, 2.24) is 9.97 Å². The number of nitrogens with one attached hydrogen (secondary N) is 2. The zero-order chi connectivity index (χ0) is 19.1. The minimum atomic E-state index is -0.482. The van der Waals surface area contributed by atoms with E-state index in [-0.39, 0.29) is 17.3 Å². The molecule has 0 amide bonds. The Morgan fingerprint density at radius 1 is 1.19 bits per heavy atom. The smallest absolute Gasteiger partial charge is 0.353 e. The second-order valence-corrected chi connectivity index (χ2v) is 6.55. The number of benzene rings is 1. The number of hydrogen-bond acceptors (Lipinski definition) is 8.